The molecule has 0 spiro atoms. The van der Waals surface area contributed by atoms with Crippen LogP contribution >= 0.6 is 11.6 Å². The standard InChI is InChI=1S/C13H19ClFNO/c1-13(2,17-4)8-12(16-3)10-6-5-9(14)7-11(10)15/h5-7,12,16H,8H2,1-4H3. The molecule has 0 bridgehead atoms. The average Bonchev–Trinajstić information content (AvgIpc) is 2.26. The molecule has 0 aromatic heterocycles. The summed E-state index contributed by atoms with van der Waals surface area (Å²) < 4.78 is 19.2. The van der Waals surface area contributed by atoms with Crippen LogP contribution in [0.5, 0.6) is 0 Å². The van der Waals surface area contributed by atoms with Gasteiger partial charge in [-0.15, -0.1) is 0 Å². The monoisotopic (exact) mass is 259 g/mol. The lowest BCUT2D eigenvalue weighted by molar-refractivity contribution is 0.00719. The van der Waals surface area contributed by atoms with Gasteiger partial charge in [0.25, 0.3) is 0 Å². The Morgan fingerprint density at radius 3 is 2.59 bits per heavy atom. The van der Waals surface area contributed by atoms with Gasteiger partial charge in [0.1, 0.15) is 5.82 Å². The summed E-state index contributed by atoms with van der Waals surface area (Å²) in [6.07, 6.45) is 0.679. The van der Waals surface area contributed by atoms with Gasteiger partial charge in [0, 0.05) is 23.7 Å². The average molecular weight is 260 g/mol. The SMILES string of the molecule is CNC(CC(C)(C)OC)c1ccc(Cl)cc1F. The largest absolute Gasteiger partial charge is 0.379 e. The summed E-state index contributed by atoms with van der Waals surface area (Å²) in [5.74, 6) is -0.288. The highest BCUT2D eigenvalue weighted by Gasteiger charge is 2.24. The van der Waals surface area contributed by atoms with Gasteiger partial charge in [0.05, 0.1) is 5.60 Å². The highest BCUT2D eigenvalue weighted by molar-refractivity contribution is 6.30. The lowest BCUT2D eigenvalue weighted by Gasteiger charge is -2.28. The molecule has 0 aliphatic heterocycles. The second-order valence-electron chi connectivity index (χ2n) is 4.68. The maximum Gasteiger partial charge on any atom is 0.129 e. The van der Waals surface area contributed by atoms with Crippen LogP contribution in [0.4, 0.5) is 4.39 Å². The number of nitrogens with one attached hydrogen (secondary N) is 1. The first-order valence-corrected chi connectivity index (χ1v) is 5.95. The first-order chi connectivity index (χ1) is 7.89. The van der Waals surface area contributed by atoms with E-state index < -0.39 is 0 Å². The molecule has 1 N–H and O–H groups in total. The number of hydrogen-bond donors (Lipinski definition) is 1. The summed E-state index contributed by atoms with van der Waals surface area (Å²) in [5, 5.41) is 3.52. The lowest BCUT2D eigenvalue weighted by Crippen LogP contribution is -2.30. The van der Waals surface area contributed by atoms with E-state index in [2.05, 4.69) is 5.32 Å². The fourth-order valence-electron chi connectivity index (χ4n) is 1.73. The fraction of sp³-hybridized carbons (Fsp3) is 0.538. The number of methoxy groups -OCH3 is 1. The highest BCUT2D eigenvalue weighted by atomic mass is 35.5. The second kappa shape index (κ2) is 5.80. The molecule has 0 saturated heterocycles. The van der Waals surface area contributed by atoms with Crippen LogP contribution in [0.3, 0.4) is 0 Å². The summed E-state index contributed by atoms with van der Waals surface area (Å²) in [6, 6.07) is 4.65. The Kier molecular flexibility index (Phi) is 4.92. The number of ether oxygens (including phenoxy) is 1. The Hall–Kier alpha value is -0.640. The van der Waals surface area contributed by atoms with E-state index in [-0.39, 0.29) is 17.5 Å². The molecule has 2 nitrogen and oxygen atoms in total. The predicted octanol–water partition coefficient (Wildman–Crippen LogP) is 3.55. The van der Waals surface area contributed by atoms with Crippen LogP contribution in [-0.4, -0.2) is 19.8 Å². The van der Waals surface area contributed by atoms with Crippen molar-refractivity contribution in [1.29, 1.82) is 0 Å². The third-order valence-corrected chi connectivity index (χ3v) is 3.17. The molecular weight excluding hydrogens is 241 g/mol. The molecule has 0 amide bonds. The third kappa shape index (κ3) is 3.95. The van der Waals surface area contributed by atoms with Crippen molar-refractivity contribution in [3.8, 4) is 0 Å². The molecule has 0 saturated carbocycles. The van der Waals surface area contributed by atoms with Gasteiger partial charge in [0.2, 0.25) is 0 Å². The number of benzene rings is 1. The van der Waals surface area contributed by atoms with E-state index in [1.807, 2.05) is 20.9 Å². The van der Waals surface area contributed by atoms with Gasteiger partial charge in [-0.2, -0.15) is 0 Å². The minimum absolute atomic E-state index is 0.0952. The van der Waals surface area contributed by atoms with Gasteiger partial charge in [0.15, 0.2) is 0 Å². The van der Waals surface area contributed by atoms with Crippen LogP contribution in [0.25, 0.3) is 0 Å². The van der Waals surface area contributed by atoms with Crippen LogP contribution in [-0.2, 0) is 4.74 Å². The lowest BCUT2D eigenvalue weighted by atomic mass is 9.93. The van der Waals surface area contributed by atoms with E-state index in [1.54, 1.807) is 19.2 Å². The summed E-state index contributed by atoms with van der Waals surface area (Å²) in [5.41, 5.74) is 0.307. The summed E-state index contributed by atoms with van der Waals surface area (Å²) >= 11 is 5.74. The maximum atomic E-state index is 13.8. The molecule has 1 unspecified atom stereocenters. The zero-order valence-electron chi connectivity index (χ0n) is 10.7. The van der Waals surface area contributed by atoms with Gasteiger partial charge >= 0.3 is 0 Å². The molecule has 4 heteroatoms. The Balaban J connectivity index is 2.94. The normalized spacial score (nSPS) is 13.8. The predicted molar refractivity (Wildman–Crippen MR) is 68.9 cm³/mol. The van der Waals surface area contributed by atoms with Crippen molar-refractivity contribution in [3.63, 3.8) is 0 Å². The molecule has 1 rings (SSSR count). The molecule has 0 aliphatic carbocycles. The molecule has 0 heterocycles. The van der Waals surface area contributed by atoms with Gasteiger partial charge in [-0.3, -0.25) is 0 Å². The molecule has 1 aromatic carbocycles. The molecule has 0 radical (unpaired) electrons. The second-order valence-corrected chi connectivity index (χ2v) is 5.11. The number of hydrogen-bond acceptors (Lipinski definition) is 2. The van der Waals surface area contributed by atoms with E-state index in [4.69, 9.17) is 16.3 Å². The van der Waals surface area contributed by atoms with Crippen LogP contribution < -0.4 is 5.32 Å². The minimum Gasteiger partial charge on any atom is -0.379 e. The Morgan fingerprint density at radius 1 is 1.47 bits per heavy atom. The minimum atomic E-state index is -0.306. The van der Waals surface area contributed by atoms with Crippen molar-refractivity contribution < 1.29 is 9.13 Å². The molecule has 0 fully saturated rings. The van der Waals surface area contributed by atoms with Gasteiger partial charge in [-0.05, 0) is 39.4 Å². The van der Waals surface area contributed by atoms with E-state index >= 15 is 0 Å². The number of rotatable bonds is 5. The van der Waals surface area contributed by atoms with Crippen LogP contribution in [0, 0.1) is 5.82 Å². The summed E-state index contributed by atoms with van der Waals surface area (Å²) in [7, 11) is 3.47. The smallest absolute Gasteiger partial charge is 0.129 e. The van der Waals surface area contributed by atoms with Crippen LogP contribution in [0.1, 0.15) is 31.9 Å². The topological polar surface area (TPSA) is 21.3 Å². The Labute approximate surface area is 107 Å². The van der Waals surface area contributed by atoms with Gasteiger partial charge in [-0.1, -0.05) is 17.7 Å². The Bertz CT molecular complexity index is 382. The molecule has 0 aliphatic rings. The van der Waals surface area contributed by atoms with E-state index in [0.717, 1.165) is 0 Å². The number of halogens is 2. The van der Waals surface area contributed by atoms with Crippen molar-refractivity contribution >= 4 is 11.6 Å². The zero-order valence-corrected chi connectivity index (χ0v) is 11.4. The quantitative estimate of drug-likeness (QED) is 0.873. The van der Waals surface area contributed by atoms with Crippen LogP contribution in [0.2, 0.25) is 5.02 Å². The van der Waals surface area contributed by atoms with Crippen molar-refractivity contribution in [2.45, 2.75) is 31.9 Å². The molecule has 1 aromatic rings. The molecule has 96 valence electrons. The highest BCUT2D eigenvalue weighted by Crippen LogP contribution is 2.28. The summed E-state index contributed by atoms with van der Waals surface area (Å²) in [4.78, 5) is 0. The van der Waals surface area contributed by atoms with Crippen molar-refractivity contribution in [1.82, 2.24) is 5.32 Å². The Morgan fingerprint density at radius 2 is 2.12 bits per heavy atom. The molecular formula is C13H19ClFNO. The van der Waals surface area contributed by atoms with Crippen LogP contribution in [0.15, 0.2) is 18.2 Å². The maximum absolute atomic E-state index is 13.8. The van der Waals surface area contributed by atoms with Crippen molar-refractivity contribution in [3.05, 3.63) is 34.6 Å². The molecule has 1 atom stereocenters. The van der Waals surface area contributed by atoms with Gasteiger partial charge in [-0.25, -0.2) is 4.39 Å². The third-order valence-electron chi connectivity index (χ3n) is 2.93. The van der Waals surface area contributed by atoms with Crippen molar-refractivity contribution in [2.75, 3.05) is 14.2 Å². The molecule has 17 heavy (non-hydrogen) atoms. The van der Waals surface area contributed by atoms with Crippen molar-refractivity contribution in [2.24, 2.45) is 0 Å². The van der Waals surface area contributed by atoms with E-state index in [9.17, 15) is 4.39 Å². The zero-order chi connectivity index (χ0) is 13.1. The van der Waals surface area contributed by atoms with Gasteiger partial charge < -0.3 is 10.1 Å². The first kappa shape index (κ1) is 14.4. The van der Waals surface area contributed by atoms with E-state index in [0.29, 0.717) is 17.0 Å². The van der Waals surface area contributed by atoms with E-state index in [1.165, 1.54) is 6.07 Å². The first-order valence-electron chi connectivity index (χ1n) is 5.57. The fourth-order valence-corrected chi connectivity index (χ4v) is 1.89. The summed E-state index contributed by atoms with van der Waals surface area (Å²) in [6.45, 7) is 3.95.